The van der Waals surface area contributed by atoms with Crippen LogP contribution < -0.4 is 5.32 Å². The lowest BCUT2D eigenvalue weighted by atomic mass is 10.0. The average molecular weight is 355 g/mol. The number of hydrogen-bond acceptors (Lipinski definition) is 3. The van der Waals surface area contributed by atoms with Crippen molar-refractivity contribution in [3.05, 3.63) is 64.4 Å². The highest BCUT2D eigenvalue weighted by Gasteiger charge is 2.20. The quantitative estimate of drug-likeness (QED) is 0.750. The smallest absolute Gasteiger partial charge is 0.291 e. The molecule has 0 fully saturated rings. The van der Waals surface area contributed by atoms with Gasteiger partial charge in [0, 0.05) is 39.4 Å². The van der Waals surface area contributed by atoms with Gasteiger partial charge >= 0.3 is 0 Å². The van der Waals surface area contributed by atoms with Crippen LogP contribution in [0.2, 0.25) is 0 Å². The molecule has 0 bridgehead atoms. The summed E-state index contributed by atoms with van der Waals surface area (Å²) in [6.07, 6.45) is 1.66. The number of hydrogen-bond donors (Lipinski definition) is 1. The van der Waals surface area contributed by atoms with Crippen LogP contribution >= 0.6 is 0 Å². The lowest BCUT2D eigenvalue weighted by molar-refractivity contribution is 0.0998. The van der Waals surface area contributed by atoms with E-state index in [4.69, 9.17) is 4.42 Å². The number of amides is 1. The third kappa shape index (κ3) is 3.51. The van der Waals surface area contributed by atoms with E-state index in [9.17, 15) is 9.00 Å². The first-order valence-electron chi connectivity index (χ1n) is 8.06. The summed E-state index contributed by atoms with van der Waals surface area (Å²) >= 11 is 0. The van der Waals surface area contributed by atoms with Crippen LogP contribution in [0.3, 0.4) is 0 Å². The number of nitrogens with one attached hydrogen (secondary N) is 1. The number of carbonyl (C=O) groups excluding carboxylic acids is 1. The first-order valence-corrected chi connectivity index (χ1v) is 9.79. The van der Waals surface area contributed by atoms with Gasteiger partial charge in [-0.25, -0.2) is 0 Å². The highest BCUT2D eigenvalue weighted by Crippen LogP contribution is 2.31. The highest BCUT2D eigenvalue weighted by molar-refractivity contribution is 7.83. The molecule has 3 aromatic rings. The molecule has 1 atom stereocenters. The van der Waals surface area contributed by atoms with Crippen molar-refractivity contribution in [1.82, 2.24) is 0 Å². The van der Waals surface area contributed by atoms with Crippen molar-refractivity contribution in [3.63, 3.8) is 0 Å². The van der Waals surface area contributed by atoms with E-state index in [0.29, 0.717) is 17.2 Å². The molecular formula is C20H21NO3S. The number of aryl methyl sites for hydroxylation is 3. The zero-order valence-corrected chi connectivity index (χ0v) is 15.6. The molecule has 4 nitrogen and oxygen atoms in total. The Kier molecular flexibility index (Phi) is 4.77. The first kappa shape index (κ1) is 17.4. The predicted molar refractivity (Wildman–Crippen MR) is 103 cm³/mol. The fourth-order valence-electron chi connectivity index (χ4n) is 3.05. The third-order valence-electron chi connectivity index (χ3n) is 4.24. The van der Waals surface area contributed by atoms with Gasteiger partial charge in [-0.3, -0.25) is 9.00 Å². The Bertz CT molecular complexity index is 988. The van der Waals surface area contributed by atoms with Crippen molar-refractivity contribution in [2.24, 2.45) is 0 Å². The Hall–Kier alpha value is -2.40. The Labute approximate surface area is 149 Å². The minimum atomic E-state index is -0.924. The SMILES string of the molecule is Cc1ccc(C)c2c(C)c(C(=O)Nc3cccc(C[S@@](C)=O)c3)oc12. The van der Waals surface area contributed by atoms with Crippen molar-refractivity contribution in [3.8, 4) is 0 Å². The Morgan fingerprint density at radius 2 is 1.84 bits per heavy atom. The maximum absolute atomic E-state index is 12.7. The fraction of sp³-hybridized carbons (Fsp3) is 0.250. The van der Waals surface area contributed by atoms with E-state index in [-0.39, 0.29) is 5.91 Å². The molecule has 0 aliphatic heterocycles. The maximum Gasteiger partial charge on any atom is 0.291 e. The number of carbonyl (C=O) groups is 1. The predicted octanol–water partition coefficient (Wildman–Crippen LogP) is 4.49. The molecule has 1 N–H and O–H groups in total. The lowest BCUT2D eigenvalue weighted by Gasteiger charge is -2.06. The molecular weight excluding hydrogens is 334 g/mol. The van der Waals surface area contributed by atoms with Gasteiger partial charge in [-0.15, -0.1) is 0 Å². The van der Waals surface area contributed by atoms with Crippen molar-refractivity contribution in [2.45, 2.75) is 26.5 Å². The van der Waals surface area contributed by atoms with Crippen molar-refractivity contribution >= 4 is 33.4 Å². The van der Waals surface area contributed by atoms with E-state index in [1.165, 1.54) is 0 Å². The van der Waals surface area contributed by atoms with Crippen LogP contribution in [0, 0.1) is 20.8 Å². The van der Waals surface area contributed by atoms with Crippen molar-refractivity contribution in [1.29, 1.82) is 0 Å². The van der Waals surface area contributed by atoms with E-state index in [0.717, 1.165) is 33.2 Å². The minimum absolute atomic E-state index is 0.276. The van der Waals surface area contributed by atoms with Crippen molar-refractivity contribution < 1.29 is 13.4 Å². The van der Waals surface area contributed by atoms with Crippen LogP contribution in [-0.2, 0) is 16.6 Å². The Morgan fingerprint density at radius 1 is 1.12 bits per heavy atom. The Balaban J connectivity index is 1.93. The first-order chi connectivity index (χ1) is 11.9. The van der Waals surface area contributed by atoms with Gasteiger partial charge in [-0.2, -0.15) is 0 Å². The summed E-state index contributed by atoms with van der Waals surface area (Å²) in [5, 5.41) is 3.88. The summed E-state index contributed by atoms with van der Waals surface area (Å²) in [5.74, 6) is 0.519. The molecule has 25 heavy (non-hydrogen) atoms. The van der Waals surface area contributed by atoms with Gasteiger partial charge in [0.05, 0.1) is 0 Å². The van der Waals surface area contributed by atoms with Gasteiger partial charge in [0.2, 0.25) is 0 Å². The average Bonchev–Trinajstić information content (AvgIpc) is 2.90. The molecule has 130 valence electrons. The molecule has 2 aromatic carbocycles. The topological polar surface area (TPSA) is 59.3 Å². The highest BCUT2D eigenvalue weighted by atomic mass is 32.2. The van der Waals surface area contributed by atoms with Crippen LogP contribution in [0.4, 0.5) is 5.69 Å². The van der Waals surface area contributed by atoms with Gasteiger partial charge < -0.3 is 9.73 Å². The van der Waals surface area contributed by atoms with Gasteiger partial charge in [0.1, 0.15) is 5.58 Å². The summed E-state index contributed by atoms with van der Waals surface area (Å²) in [6, 6.07) is 11.4. The summed E-state index contributed by atoms with van der Waals surface area (Å²) in [6.45, 7) is 5.89. The summed E-state index contributed by atoms with van der Waals surface area (Å²) in [7, 11) is -0.924. The lowest BCUT2D eigenvalue weighted by Crippen LogP contribution is -2.12. The third-order valence-corrected chi connectivity index (χ3v) is 4.98. The second kappa shape index (κ2) is 6.84. The molecule has 1 aromatic heterocycles. The van der Waals surface area contributed by atoms with E-state index in [1.807, 2.05) is 57.2 Å². The summed E-state index contributed by atoms with van der Waals surface area (Å²) in [5.41, 5.74) is 5.30. The number of rotatable bonds is 4. The maximum atomic E-state index is 12.7. The van der Waals surface area contributed by atoms with Gasteiger partial charge in [-0.1, -0.05) is 24.3 Å². The fourth-order valence-corrected chi connectivity index (χ4v) is 3.70. The molecule has 0 aliphatic carbocycles. The molecule has 1 heterocycles. The molecule has 0 spiro atoms. The molecule has 3 rings (SSSR count). The van der Waals surface area contributed by atoms with E-state index in [2.05, 4.69) is 5.32 Å². The van der Waals surface area contributed by atoms with Crippen molar-refractivity contribution in [2.75, 3.05) is 11.6 Å². The Morgan fingerprint density at radius 3 is 2.52 bits per heavy atom. The number of benzene rings is 2. The van der Waals surface area contributed by atoms with E-state index >= 15 is 0 Å². The number of fused-ring (bicyclic) bond motifs is 1. The van der Waals surface area contributed by atoms with Gasteiger partial charge in [-0.05, 0) is 49.6 Å². The van der Waals surface area contributed by atoms with Crippen LogP contribution in [0.25, 0.3) is 11.0 Å². The second-order valence-corrected chi connectivity index (χ2v) is 7.77. The number of furan rings is 1. The largest absolute Gasteiger partial charge is 0.450 e. The summed E-state index contributed by atoms with van der Waals surface area (Å²) < 4.78 is 17.3. The molecule has 0 saturated heterocycles. The van der Waals surface area contributed by atoms with E-state index < -0.39 is 10.8 Å². The molecule has 0 radical (unpaired) electrons. The zero-order chi connectivity index (χ0) is 18.1. The molecule has 1 amide bonds. The normalized spacial score (nSPS) is 12.3. The molecule has 0 aliphatic rings. The molecule has 0 saturated carbocycles. The standard InChI is InChI=1S/C20H21NO3S/c1-12-8-9-13(2)18-17(12)14(3)19(24-18)20(22)21-16-7-5-6-15(10-16)11-25(4)23/h5-10H,11H2,1-4H3,(H,21,22)/t25-/m1/s1. The van der Waals surface area contributed by atoms with Crippen LogP contribution in [0.1, 0.15) is 32.8 Å². The van der Waals surface area contributed by atoms with Crippen LogP contribution in [0.5, 0.6) is 0 Å². The molecule has 0 unspecified atom stereocenters. The van der Waals surface area contributed by atoms with Crippen LogP contribution in [-0.4, -0.2) is 16.4 Å². The second-order valence-electron chi connectivity index (χ2n) is 6.33. The van der Waals surface area contributed by atoms with Crippen LogP contribution in [0.15, 0.2) is 40.8 Å². The minimum Gasteiger partial charge on any atom is -0.450 e. The zero-order valence-electron chi connectivity index (χ0n) is 14.8. The summed E-state index contributed by atoms with van der Waals surface area (Å²) in [4.78, 5) is 12.7. The number of anilines is 1. The van der Waals surface area contributed by atoms with Gasteiger partial charge in [0.15, 0.2) is 5.76 Å². The van der Waals surface area contributed by atoms with E-state index in [1.54, 1.807) is 6.26 Å². The van der Waals surface area contributed by atoms with Gasteiger partial charge in [0.25, 0.3) is 5.91 Å². The monoisotopic (exact) mass is 355 g/mol. The molecule has 5 heteroatoms.